The molecule has 0 radical (unpaired) electrons. The summed E-state index contributed by atoms with van der Waals surface area (Å²) < 4.78 is 0. The fourth-order valence-corrected chi connectivity index (χ4v) is 3.25. The highest BCUT2D eigenvalue weighted by Gasteiger charge is 2.41. The van der Waals surface area contributed by atoms with Gasteiger partial charge in [0.25, 0.3) is 0 Å². The number of rotatable bonds is 5. The summed E-state index contributed by atoms with van der Waals surface area (Å²) in [5, 5.41) is 22.2. The second kappa shape index (κ2) is 6.93. The van der Waals surface area contributed by atoms with E-state index in [0.29, 0.717) is 6.42 Å². The van der Waals surface area contributed by atoms with Gasteiger partial charge >= 0.3 is 5.97 Å². The highest BCUT2D eigenvalue weighted by Crippen LogP contribution is 2.38. The molecule has 1 aromatic rings. The van der Waals surface area contributed by atoms with Crippen LogP contribution >= 0.6 is 11.6 Å². The molecule has 0 fully saturated rings. The van der Waals surface area contributed by atoms with Gasteiger partial charge in [0.1, 0.15) is 0 Å². The van der Waals surface area contributed by atoms with Crippen LogP contribution in [0.4, 0.5) is 5.69 Å². The summed E-state index contributed by atoms with van der Waals surface area (Å²) in [6.07, 6.45) is 2.13. The lowest BCUT2D eigenvalue weighted by Crippen LogP contribution is -2.53. The molecule has 2 atom stereocenters. The summed E-state index contributed by atoms with van der Waals surface area (Å²) in [4.78, 5) is 11.1. The Labute approximate surface area is 142 Å². The van der Waals surface area contributed by atoms with Crippen LogP contribution in [0.15, 0.2) is 29.3 Å². The normalized spacial score (nSPS) is 22.9. The van der Waals surface area contributed by atoms with Gasteiger partial charge in [-0.1, -0.05) is 11.1 Å². The first-order chi connectivity index (χ1) is 10.8. The van der Waals surface area contributed by atoms with Crippen molar-refractivity contribution < 1.29 is 15.0 Å². The lowest BCUT2D eigenvalue weighted by molar-refractivity contribution is 0.0696. The first-order valence-electron chi connectivity index (χ1n) is 7.81. The summed E-state index contributed by atoms with van der Waals surface area (Å²) in [6.45, 7) is 6.20. The summed E-state index contributed by atoms with van der Waals surface area (Å²) in [7, 11) is 0. The molecule has 0 saturated heterocycles. The Morgan fingerprint density at radius 2 is 2.09 bits per heavy atom. The summed E-state index contributed by atoms with van der Waals surface area (Å²) in [5.41, 5.74) is 3.99. The highest BCUT2D eigenvalue weighted by atomic mass is 35.5. The van der Waals surface area contributed by atoms with Gasteiger partial charge in [-0.3, -0.25) is 0 Å². The van der Waals surface area contributed by atoms with Crippen LogP contribution in [-0.4, -0.2) is 33.7 Å². The van der Waals surface area contributed by atoms with Gasteiger partial charge in [-0.25, -0.2) is 4.79 Å². The summed E-state index contributed by atoms with van der Waals surface area (Å²) in [5.74, 6) is -0.947. The molecule has 1 aromatic carbocycles. The van der Waals surface area contributed by atoms with Gasteiger partial charge in [-0.2, -0.15) is 0 Å². The number of carboxylic acid groups (broad SMARTS) is 1. The number of alkyl halides is 1. The second-order valence-electron chi connectivity index (χ2n) is 6.57. The average molecular weight is 338 g/mol. The fourth-order valence-electron chi connectivity index (χ4n) is 2.85. The van der Waals surface area contributed by atoms with Crippen molar-refractivity contribution in [2.45, 2.75) is 50.9 Å². The van der Waals surface area contributed by atoms with Crippen molar-refractivity contribution in [2.75, 3.05) is 11.9 Å². The second-order valence-corrected chi connectivity index (χ2v) is 7.10. The van der Waals surface area contributed by atoms with E-state index in [1.54, 1.807) is 18.2 Å². The van der Waals surface area contributed by atoms with E-state index in [0.717, 1.165) is 24.1 Å². The summed E-state index contributed by atoms with van der Waals surface area (Å²) in [6, 6.07) is 4.99. The van der Waals surface area contributed by atoms with Gasteiger partial charge in [0.15, 0.2) is 0 Å². The Balaban J connectivity index is 2.27. The van der Waals surface area contributed by atoms with E-state index in [1.165, 1.54) is 11.1 Å². The number of halogens is 1. The van der Waals surface area contributed by atoms with Gasteiger partial charge < -0.3 is 15.5 Å². The lowest BCUT2D eigenvalue weighted by Gasteiger charge is -2.43. The number of allylic oxidation sites excluding steroid dienone is 2. The highest BCUT2D eigenvalue weighted by molar-refractivity contribution is 6.22. The van der Waals surface area contributed by atoms with Crippen LogP contribution in [0.2, 0.25) is 0 Å². The van der Waals surface area contributed by atoms with E-state index in [1.807, 2.05) is 0 Å². The maximum absolute atomic E-state index is 11.1. The Hall–Kier alpha value is -1.52. The van der Waals surface area contributed by atoms with Crippen molar-refractivity contribution in [1.82, 2.24) is 0 Å². The van der Waals surface area contributed by atoms with E-state index in [4.69, 9.17) is 16.7 Å². The number of carbonyl (C=O) groups is 1. The molecule has 0 unspecified atom stereocenters. The predicted molar refractivity (Wildman–Crippen MR) is 93.5 cm³/mol. The number of fused-ring (bicyclic) bond motifs is 1. The zero-order valence-corrected chi connectivity index (χ0v) is 14.6. The minimum atomic E-state index is -0.947. The largest absolute Gasteiger partial charge is 0.478 e. The molecule has 1 aliphatic rings. The molecular weight excluding hydrogens is 314 g/mol. The standard InChI is InChI=1S/C18H24ClNO3/c1-11(2)12(3)6-7-18(10-21)16(19)9-14-8-13(17(22)23)4-5-15(14)20-18/h4-5,8,16,20-21H,6-7,9-10H2,1-3H3,(H,22,23)/t16-,18-/m1/s1. The van der Waals surface area contributed by atoms with Crippen LogP contribution in [0.1, 0.15) is 49.5 Å². The Kier molecular flexibility index (Phi) is 5.37. The third-order valence-electron chi connectivity index (χ3n) is 4.82. The smallest absolute Gasteiger partial charge is 0.335 e. The minimum Gasteiger partial charge on any atom is -0.478 e. The van der Waals surface area contributed by atoms with Crippen molar-refractivity contribution in [1.29, 1.82) is 0 Å². The molecule has 0 amide bonds. The fraction of sp³-hybridized carbons (Fsp3) is 0.500. The molecule has 0 saturated carbocycles. The Morgan fingerprint density at radius 1 is 1.39 bits per heavy atom. The minimum absolute atomic E-state index is 0.0582. The van der Waals surface area contributed by atoms with E-state index < -0.39 is 11.5 Å². The van der Waals surface area contributed by atoms with Crippen LogP contribution in [0.3, 0.4) is 0 Å². The molecular formula is C18H24ClNO3. The third kappa shape index (κ3) is 3.70. The van der Waals surface area contributed by atoms with Crippen molar-refractivity contribution in [3.63, 3.8) is 0 Å². The first kappa shape index (κ1) is 17.8. The van der Waals surface area contributed by atoms with Crippen LogP contribution in [0.5, 0.6) is 0 Å². The maximum Gasteiger partial charge on any atom is 0.335 e. The van der Waals surface area contributed by atoms with E-state index >= 15 is 0 Å². The van der Waals surface area contributed by atoms with Gasteiger partial charge in [-0.15, -0.1) is 11.6 Å². The summed E-state index contributed by atoms with van der Waals surface area (Å²) >= 11 is 6.58. The van der Waals surface area contributed by atoms with Crippen LogP contribution in [0, 0.1) is 0 Å². The van der Waals surface area contributed by atoms with Crippen LogP contribution < -0.4 is 5.32 Å². The number of aromatic carboxylic acids is 1. The van der Waals surface area contributed by atoms with Crippen LogP contribution in [0.25, 0.3) is 0 Å². The molecule has 3 N–H and O–H groups in total. The molecule has 5 heteroatoms. The quantitative estimate of drug-likeness (QED) is 0.564. The molecule has 0 spiro atoms. The van der Waals surface area contributed by atoms with Crippen molar-refractivity contribution in [3.05, 3.63) is 40.5 Å². The number of anilines is 1. The molecule has 1 aliphatic heterocycles. The number of hydrogen-bond donors (Lipinski definition) is 3. The average Bonchev–Trinajstić information content (AvgIpc) is 2.51. The van der Waals surface area contributed by atoms with E-state index in [9.17, 15) is 9.90 Å². The molecule has 126 valence electrons. The zero-order chi connectivity index (χ0) is 17.2. The Bertz CT molecular complexity index is 637. The predicted octanol–water partition coefficient (Wildman–Crippen LogP) is 3.83. The van der Waals surface area contributed by atoms with Crippen LogP contribution in [-0.2, 0) is 6.42 Å². The molecule has 4 nitrogen and oxygen atoms in total. The number of aliphatic hydroxyl groups is 1. The van der Waals surface area contributed by atoms with E-state index in [2.05, 4.69) is 26.1 Å². The Morgan fingerprint density at radius 3 is 2.65 bits per heavy atom. The van der Waals surface area contributed by atoms with Crippen molar-refractivity contribution >= 4 is 23.3 Å². The topological polar surface area (TPSA) is 69.6 Å². The number of benzene rings is 1. The number of hydrogen-bond acceptors (Lipinski definition) is 3. The van der Waals surface area contributed by atoms with Crippen molar-refractivity contribution in [2.24, 2.45) is 0 Å². The maximum atomic E-state index is 11.1. The molecule has 0 aliphatic carbocycles. The monoisotopic (exact) mass is 337 g/mol. The SMILES string of the molecule is CC(C)=C(C)CC[C@]1(CO)Nc2ccc(C(=O)O)cc2C[C@H]1Cl. The van der Waals surface area contributed by atoms with Gasteiger partial charge in [0.2, 0.25) is 0 Å². The number of carboxylic acids is 1. The van der Waals surface area contributed by atoms with Crippen molar-refractivity contribution in [3.8, 4) is 0 Å². The zero-order valence-electron chi connectivity index (χ0n) is 13.8. The van der Waals surface area contributed by atoms with Gasteiger partial charge in [0, 0.05) is 5.69 Å². The lowest BCUT2D eigenvalue weighted by atomic mass is 9.81. The molecule has 0 aromatic heterocycles. The van der Waals surface area contributed by atoms with E-state index in [-0.39, 0.29) is 17.5 Å². The molecule has 2 rings (SSSR count). The third-order valence-corrected chi connectivity index (χ3v) is 5.39. The molecule has 1 heterocycles. The van der Waals surface area contributed by atoms with Gasteiger partial charge in [-0.05, 0) is 63.8 Å². The first-order valence-corrected chi connectivity index (χ1v) is 8.25. The van der Waals surface area contributed by atoms with Gasteiger partial charge in [0.05, 0.1) is 23.1 Å². The molecule has 23 heavy (non-hydrogen) atoms. The molecule has 0 bridgehead atoms. The number of nitrogens with one attached hydrogen (secondary N) is 1. The number of aliphatic hydroxyl groups excluding tert-OH is 1.